The Balaban J connectivity index is 1.63. The van der Waals surface area contributed by atoms with Crippen LogP contribution in [0.5, 0.6) is 0 Å². The Hall–Kier alpha value is -3.15. The first-order chi connectivity index (χ1) is 13.2. The van der Waals surface area contributed by atoms with Crippen LogP contribution in [0.1, 0.15) is 42.6 Å². The Bertz CT molecular complexity index is 903. The van der Waals surface area contributed by atoms with Crippen LogP contribution in [0.4, 0.5) is 11.4 Å². The topological polar surface area (TPSA) is 86.7 Å². The lowest BCUT2D eigenvalue weighted by Gasteiger charge is -2.21. The SMILES string of the molecule is CC(C)(CC(=O)O)CC(=O)Nc1ccc(C(=O)N2CCc3ccccc32)cc1. The van der Waals surface area contributed by atoms with E-state index in [1.165, 1.54) is 5.56 Å². The summed E-state index contributed by atoms with van der Waals surface area (Å²) >= 11 is 0. The summed E-state index contributed by atoms with van der Waals surface area (Å²) in [6.45, 7) is 4.15. The number of para-hydroxylation sites is 1. The molecule has 6 nitrogen and oxygen atoms in total. The van der Waals surface area contributed by atoms with E-state index >= 15 is 0 Å². The van der Waals surface area contributed by atoms with Gasteiger partial charge in [-0.1, -0.05) is 32.0 Å². The fourth-order valence-corrected chi connectivity index (χ4v) is 3.51. The molecule has 2 amide bonds. The van der Waals surface area contributed by atoms with Crippen LogP contribution in [-0.4, -0.2) is 29.4 Å². The Kier molecular flexibility index (Phi) is 5.49. The molecule has 0 aromatic heterocycles. The summed E-state index contributed by atoms with van der Waals surface area (Å²) in [6, 6.07) is 14.7. The van der Waals surface area contributed by atoms with Crippen LogP contribution in [0, 0.1) is 5.41 Å². The minimum atomic E-state index is -0.927. The average molecular weight is 380 g/mol. The van der Waals surface area contributed by atoms with Gasteiger partial charge in [0.25, 0.3) is 5.91 Å². The van der Waals surface area contributed by atoms with E-state index in [1.807, 2.05) is 24.3 Å². The zero-order valence-corrected chi connectivity index (χ0v) is 16.1. The summed E-state index contributed by atoms with van der Waals surface area (Å²) < 4.78 is 0. The Morgan fingerprint density at radius 1 is 1.04 bits per heavy atom. The Morgan fingerprint density at radius 3 is 2.39 bits per heavy atom. The monoisotopic (exact) mass is 380 g/mol. The second-order valence-electron chi connectivity index (χ2n) is 7.87. The molecular formula is C22H24N2O4. The molecular weight excluding hydrogens is 356 g/mol. The molecule has 2 aromatic carbocycles. The van der Waals surface area contributed by atoms with Crippen LogP contribution in [0.15, 0.2) is 48.5 Å². The second-order valence-corrected chi connectivity index (χ2v) is 7.87. The third kappa shape index (κ3) is 4.57. The molecule has 2 aromatic rings. The van der Waals surface area contributed by atoms with Crippen molar-refractivity contribution in [1.29, 1.82) is 0 Å². The minimum absolute atomic E-state index is 0.0644. The van der Waals surface area contributed by atoms with E-state index in [-0.39, 0.29) is 24.7 Å². The molecule has 1 heterocycles. The van der Waals surface area contributed by atoms with E-state index in [1.54, 1.807) is 43.0 Å². The van der Waals surface area contributed by atoms with Gasteiger partial charge in [0.1, 0.15) is 0 Å². The maximum Gasteiger partial charge on any atom is 0.303 e. The van der Waals surface area contributed by atoms with Gasteiger partial charge in [0.05, 0.1) is 6.42 Å². The molecule has 0 aliphatic carbocycles. The maximum atomic E-state index is 12.8. The van der Waals surface area contributed by atoms with Crippen molar-refractivity contribution >= 4 is 29.2 Å². The summed E-state index contributed by atoms with van der Waals surface area (Å²) in [5, 5.41) is 11.7. The number of hydrogen-bond donors (Lipinski definition) is 2. The molecule has 1 aliphatic heterocycles. The van der Waals surface area contributed by atoms with E-state index < -0.39 is 11.4 Å². The average Bonchev–Trinajstić information content (AvgIpc) is 3.04. The number of carbonyl (C=O) groups is 3. The van der Waals surface area contributed by atoms with Crippen molar-refractivity contribution in [3.05, 3.63) is 59.7 Å². The van der Waals surface area contributed by atoms with Crippen LogP contribution in [0.25, 0.3) is 0 Å². The highest BCUT2D eigenvalue weighted by atomic mass is 16.4. The van der Waals surface area contributed by atoms with Gasteiger partial charge in [0.15, 0.2) is 0 Å². The fourth-order valence-electron chi connectivity index (χ4n) is 3.51. The number of nitrogens with one attached hydrogen (secondary N) is 1. The van der Waals surface area contributed by atoms with Gasteiger partial charge in [-0.2, -0.15) is 0 Å². The summed E-state index contributed by atoms with van der Waals surface area (Å²) in [4.78, 5) is 37.7. The Labute approximate surface area is 164 Å². The number of fused-ring (bicyclic) bond motifs is 1. The highest BCUT2D eigenvalue weighted by Gasteiger charge is 2.26. The maximum absolute atomic E-state index is 12.8. The van der Waals surface area contributed by atoms with Gasteiger partial charge in [-0.05, 0) is 47.7 Å². The van der Waals surface area contributed by atoms with E-state index in [0.29, 0.717) is 17.8 Å². The standard InChI is InChI=1S/C22H24N2O4/c1-22(2,14-20(26)27)13-19(25)23-17-9-7-16(8-10-17)21(28)24-12-11-15-5-3-4-6-18(15)24/h3-10H,11-14H2,1-2H3,(H,23,25)(H,26,27). The predicted molar refractivity (Wildman–Crippen MR) is 108 cm³/mol. The Morgan fingerprint density at radius 2 is 1.71 bits per heavy atom. The van der Waals surface area contributed by atoms with Crippen molar-refractivity contribution in [2.45, 2.75) is 33.1 Å². The number of aliphatic carboxylic acids is 1. The van der Waals surface area contributed by atoms with Gasteiger partial charge in [-0.3, -0.25) is 14.4 Å². The normalized spacial score (nSPS) is 13.1. The van der Waals surface area contributed by atoms with Crippen LogP contribution in [0.2, 0.25) is 0 Å². The first kappa shape index (κ1) is 19.6. The molecule has 3 rings (SSSR count). The molecule has 0 bridgehead atoms. The number of carboxylic acid groups (broad SMARTS) is 1. The van der Waals surface area contributed by atoms with Gasteiger partial charge in [0, 0.05) is 29.9 Å². The third-order valence-electron chi connectivity index (χ3n) is 4.82. The number of carboxylic acids is 1. The van der Waals surface area contributed by atoms with Crippen molar-refractivity contribution in [1.82, 2.24) is 0 Å². The molecule has 6 heteroatoms. The summed E-state index contributed by atoms with van der Waals surface area (Å²) in [7, 11) is 0. The molecule has 0 radical (unpaired) electrons. The highest BCUT2D eigenvalue weighted by Crippen LogP contribution is 2.29. The number of carbonyl (C=O) groups excluding carboxylic acids is 2. The summed E-state index contributed by atoms with van der Waals surface area (Å²) in [5.74, 6) is -1.24. The highest BCUT2D eigenvalue weighted by molar-refractivity contribution is 6.07. The largest absolute Gasteiger partial charge is 0.481 e. The number of rotatable bonds is 6. The molecule has 1 aliphatic rings. The van der Waals surface area contributed by atoms with Crippen molar-refractivity contribution < 1.29 is 19.5 Å². The third-order valence-corrected chi connectivity index (χ3v) is 4.82. The van der Waals surface area contributed by atoms with Crippen LogP contribution < -0.4 is 10.2 Å². The van der Waals surface area contributed by atoms with E-state index in [2.05, 4.69) is 5.32 Å². The molecule has 0 fully saturated rings. The van der Waals surface area contributed by atoms with Crippen molar-refractivity contribution in [3.63, 3.8) is 0 Å². The van der Waals surface area contributed by atoms with Crippen molar-refractivity contribution in [2.75, 3.05) is 16.8 Å². The lowest BCUT2D eigenvalue weighted by Crippen LogP contribution is -2.28. The number of amides is 2. The zero-order chi connectivity index (χ0) is 20.3. The number of benzene rings is 2. The van der Waals surface area contributed by atoms with E-state index in [9.17, 15) is 14.4 Å². The lowest BCUT2D eigenvalue weighted by atomic mass is 9.85. The van der Waals surface area contributed by atoms with Crippen molar-refractivity contribution in [2.24, 2.45) is 5.41 Å². The fraction of sp³-hybridized carbons (Fsp3) is 0.318. The smallest absolute Gasteiger partial charge is 0.303 e. The van der Waals surface area contributed by atoms with Gasteiger partial charge < -0.3 is 15.3 Å². The summed E-state index contributed by atoms with van der Waals surface area (Å²) in [6.07, 6.45) is 0.873. The van der Waals surface area contributed by atoms with Crippen molar-refractivity contribution in [3.8, 4) is 0 Å². The molecule has 2 N–H and O–H groups in total. The molecule has 146 valence electrons. The summed E-state index contributed by atoms with van der Waals surface area (Å²) in [5.41, 5.74) is 2.62. The molecule has 0 unspecified atom stereocenters. The molecule has 28 heavy (non-hydrogen) atoms. The van der Waals surface area contributed by atoms with E-state index in [0.717, 1.165) is 12.1 Å². The number of hydrogen-bond acceptors (Lipinski definition) is 3. The first-order valence-electron chi connectivity index (χ1n) is 9.27. The first-order valence-corrected chi connectivity index (χ1v) is 9.27. The van der Waals surface area contributed by atoms with E-state index in [4.69, 9.17) is 5.11 Å². The molecule has 0 atom stereocenters. The number of anilines is 2. The second kappa shape index (κ2) is 7.84. The molecule has 0 saturated carbocycles. The lowest BCUT2D eigenvalue weighted by molar-refractivity contribution is -0.139. The van der Waals surface area contributed by atoms with Gasteiger partial charge in [-0.25, -0.2) is 0 Å². The minimum Gasteiger partial charge on any atom is -0.481 e. The quantitative estimate of drug-likeness (QED) is 0.800. The predicted octanol–water partition coefficient (Wildman–Crippen LogP) is 3.72. The van der Waals surface area contributed by atoms with Crippen LogP contribution in [-0.2, 0) is 16.0 Å². The van der Waals surface area contributed by atoms with Gasteiger partial charge in [0.2, 0.25) is 5.91 Å². The molecule has 0 saturated heterocycles. The zero-order valence-electron chi connectivity index (χ0n) is 16.1. The van der Waals surface area contributed by atoms with Crippen LogP contribution in [0.3, 0.4) is 0 Å². The van der Waals surface area contributed by atoms with Gasteiger partial charge in [-0.15, -0.1) is 0 Å². The van der Waals surface area contributed by atoms with Crippen LogP contribution >= 0.6 is 0 Å². The molecule has 0 spiro atoms. The number of nitrogens with zero attached hydrogens (tertiary/aromatic N) is 1. The van der Waals surface area contributed by atoms with Gasteiger partial charge >= 0.3 is 5.97 Å².